The molecule has 6 heteroatoms. The molecular weight excluding hydrogens is 1090 g/mol. The van der Waals surface area contributed by atoms with Crippen LogP contribution in [0.5, 0.6) is 11.5 Å². The summed E-state index contributed by atoms with van der Waals surface area (Å²) >= 11 is 0. The van der Waals surface area contributed by atoms with Crippen LogP contribution in [0.3, 0.4) is 0 Å². The molecule has 1 aromatic heterocycles. The summed E-state index contributed by atoms with van der Waals surface area (Å²) in [6.07, 6.45) is 1.98. The second-order valence-electron chi connectivity index (χ2n) is 30.4. The van der Waals surface area contributed by atoms with E-state index in [-0.39, 0.29) is 27.1 Å². The van der Waals surface area contributed by atoms with E-state index in [0.29, 0.717) is 6.67 Å². The number of nitrogens with zero attached hydrogens (tertiary/aromatic N) is 4. The van der Waals surface area contributed by atoms with Crippen molar-refractivity contribution in [2.75, 3.05) is 21.4 Å². The second-order valence-corrected chi connectivity index (χ2v) is 34.1. The van der Waals surface area contributed by atoms with Gasteiger partial charge in [0.2, 0.25) is 0 Å². The molecule has 9 aromatic carbocycles. The first-order chi connectivity index (χ1) is 41.6. The third-order valence-corrected chi connectivity index (χ3v) is 23.8. The Morgan fingerprint density at radius 2 is 0.864 bits per heavy atom. The first kappa shape index (κ1) is 58.6. The average molecular weight is 1170 g/mol. The zero-order valence-corrected chi connectivity index (χ0v) is 56.0. The average Bonchev–Trinajstić information content (AvgIpc) is 1.51. The zero-order valence-electron chi connectivity index (χ0n) is 55.0. The van der Waals surface area contributed by atoms with Crippen molar-refractivity contribution >= 4 is 68.8 Å². The highest BCUT2D eigenvalue weighted by Gasteiger charge is 2.54. The molecule has 10 aromatic rings. The van der Waals surface area contributed by atoms with Crippen molar-refractivity contribution < 1.29 is 4.74 Å². The van der Waals surface area contributed by atoms with Crippen LogP contribution in [0.15, 0.2) is 200 Å². The molecule has 0 fully saturated rings. The number of rotatable bonds is 7. The Morgan fingerprint density at radius 3 is 1.48 bits per heavy atom. The number of aryl methyl sites for hydroxylation is 2. The number of benzene rings is 9. The summed E-state index contributed by atoms with van der Waals surface area (Å²) in [6, 6.07) is 74.2. The molecule has 5 nitrogen and oxygen atoms in total. The van der Waals surface area contributed by atoms with Crippen LogP contribution in [0.1, 0.15) is 143 Å². The summed E-state index contributed by atoms with van der Waals surface area (Å²) in [4.78, 5) is 12.7. The van der Waals surface area contributed by atoms with Crippen molar-refractivity contribution in [2.45, 2.75) is 145 Å². The van der Waals surface area contributed by atoms with Crippen molar-refractivity contribution in [3.8, 4) is 44.9 Å². The molecule has 0 saturated carbocycles. The van der Waals surface area contributed by atoms with Gasteiger partial charge in [0.25, 0.3) is 0 Å². The van der Waals surface area contributed by atoms with Crippen molar-refractivity contribution in [3.05, 3.63) is 239 Å². The Kier molecular flexibility index (Phi) is 13.9. The van der Waals surface area contributed by atoms with E-state index in [1.54, 1.807) is 0 Å². The van der Waals surface area contributed by atoms with E-state index in [9.17, 15) is 0 Å². The van der Waals surface area contributed by atoms with Crippen LogP contribution >= 0.6 is 0 Å². The van der Waals surface area contributed by atoms with Crippen LogP contribution in [-0.2, 0) is 27.1 Å². The van der Waals surface area contributed by atoms with Gasteiger partial charge in [-0.1, -0.05) is 236 Å². The Bertz CT molecular complexity index is 4330. The van der Waals surface area contributed by atoms with Crippen LogP contribution in [0.4, 0.5) is 39.9 Å². The third-order valence-electron chi connectivity index (χ3n) is 18.8. The molecule has 0 saturated heterocycles. The number of hydrogen-bond acceptors (Lipinski definition) is 5. The molecule has 0 bridgehead atoms. The summed E-state index contributed by atoms with van der Waals surface area (Å²) in [5, 5.41) is 5.56. The molecule has 88 heavy (non-hydrogen) atoms. The van der Waals surface area contributed by atoms with E-state index < -0.39 is 8.07 Å². The minimum Gasteiger partial charge on any atom is -0.457 e. The number of hydrogen-bond donors (Lipinski definition) is 0. The fraction of sp³-hybridized carbons (Fsp3) is 0.280. The van der Waals surface area contributed by atoms with E-state index in [1.807, 2.05) is 6.20 Å². The SMILES string of the molecule is Cc1ccc2c(c1)-c1cc(C)ccc1[Si]21c2ccccc2N(c2cc(C(C)(C)C)ccn2)c2cc(Oc3cccc(N4CN(c5c(-c6cccc(C(C)(C)C)c6)cc(C(C)(C)C)cc5-c5cc(C(C)(C)C)cc(C(C)(C)C)c5)c5ccccc54)c3)ccc21. The van der Waals surface area contributed by atoms with Crippen LogP contribution in [0, 0.1) is 13.8 Å². The lowest BCUT2D eigenvalue weighted by molar-refractivity contribution is 0.483. The van der Waals surface area contributed by atoms with Crippen molar-refractivity contribution in [3.63, 3.8) is 0 Å². The first-order valence-electron chi connectivity index (χ1n) is 31.7. The first-order valence-corrected chi connectivity index (χ1v) is 33.7. The fourth-order valence-corrected chi connectivity index (χ4v) is 19.3. The standard InChI is InChI=1S/C82H86N4OSi/c1-52-32-35-72-66(40-52)67-41-53(2)33-36-73(67)88(72)74-31-21-20-30-70(74)86(76-48-57(38-39-83-76)79(6,7)8)71-50-63(34-37-75(71)88)87-62-27-23-26-61(49-62)84-51-85(69-29-19-18-28-68(69)84)77-64(54-24-22-25-56(42-54)78(3,4)5)46-60(82(15,16)17)47-65(77)55-43-58(80(9,10)11)45-59(44-55)81(12,13)14/h18-50H,51H2,1-17H3. The molecule has 1 spiro atoms. The quantitative estimate of drug-likeness (QED) is 0.149. The Hall–Kier alpha value is -8.45. The molecule has 13 rings (SSSR count). The summed E-state index contributed by atoms with van der Waals surface area (Å²) in [6.45, 7) is 40.0. The second kappa shape index (κ2) is 20.8. The number of pyridine rings is 1. The summed E-state index contributed by atoms with van der Waals surface area (Å²) in [5.41, 5.74) is 23.1. The number of aromatic nitrogens is 1. The fourth-order valence-electron chi connectivity index (χ4n) is 13.8. The normalized spacial score (nSPS) is 14.4. The third kappa shape index (κ3) is 10.1. The zero-order chi connectivity index (χ0) is 62.2. The molecule has 0 amide bonds. The predicted octanol–water partition coefficient (Wildman–Crippen LogP) is 19.7. The highest BCUT2D eigenvalue weighted by molar-refractivity contribution is 7.23. The minimum absolute atomic E-state index is 0.0383. The van der Waals surface area contributed by atoms with Gasteiger partial charge in [0, 0.05) is 40.8 Å². The lowest BCUT2D eigenvalue weighted by atomic mass is 9.77. The van der Waals surface area contributed by atoms with Gasteiger partial charge in [0.1, 0.15) is 24.0 Å². The molecule has 0 atom stereocenters. The number of anilines is 7. The van der Waals surface area contributed by atoms with Gasteiger partial charge in [-0.25, -0.2) is 4.98 Å². The van der Waals surface area contributed by atoms with Gasteiger partial charge in [-0.05, 0) is 172 Å². The van der Waals surface area contributed by atoms with E-state index >= 15 is 0 Å². The van der Waals surface area contributed by atoms with Crippen LogP contribution < -0.4 is 40.2 Å². The lowest BCUT2D eigenvalue weighted by Crippen LogP contribution is -2.75. The smallest absolute Gasteiger partial charge is 0.185 e. The van der Waals surface area contributed by atoms with Crippen molar-refractivity contribution in [1.29, 1.82) is 0 Å². The van der Waals surface area contributed by atoms with Crippen LogP contribution in [0.2, 0.25) is 0 Å². The van der Waals surface area contributed by atoms with Gasteiger partial charge in [-0.2, -0.15) is 0 Å². The van der Waals surface area contributed by atoms with Gasteiger partial charge < -0.3 is 14.5 Å². The maximum Gasteiger partial charge on any atom is 0.185 e. The van der Waals surface area contributed by atoms with Gasteiger partial charge in [-0.3, -0.25) is 4.90 Å². The summed E-state index contributed by atoms with van der Waals surface area (Å²) in [7, 11) is -2.92. The molecule has 3 aliphatic heterocycles. The highest BCUT2D eigenvalue weighted by atomic mass is 28.3. The lowest BCUT2D eigenvalue weighted by Gasteiger charge is -2.43. The van der Waals surface area contributed by atoms with Gasteiger partial charge in [0.15, 0.2) is 8.07 Å². The maximum absolute atomic E-state index is 7.26. The van der Waals surface area contributed by atoms with Gasteiger partial charge in [0.05, 0.1) is 22.7 Å². The molecule has 0 N–H and O–H groups in total. The highest BCUT2D eigenvalue weighted by Crippen LogP contribution is 2.53. The molecule has 444 valence electrons. The number of ether oxygens (including phenoxy) is 1. The van der Waals surface area contributed by atoms with Crippen molar-refractivity contribution in [2.24, 2.45) is 0 Å². The van der Waals surface area contributed by atoms with Crippen LogP contribution in [-0.4, -0.2) is 19.7 Å². The van der Waals surface area contributed by atoms with E-state index in [4.69, 9.17) is 9.72 Å². The largest absolute Gasteiger partial charge is 0.457 e. The Balaban J connectivity index is 0.963. The molecule has 4 heterocycles. The molecule has 0 unspecified atom stereocenters. The van der Waals surface area contributed by atoms with Gasteiger partial charge in [-0.15, -0.1) is 0 Å². The monoisotopic (exact) mass is 1170 g/mol. The summed E-state index contributed by atoms with van der Waals surface area (Å²) < 4.78 is 7.26. The Morgan fingerprint density at radius 1 is 0.364 bits per heavy atom. The maximum atomic E-state index is 7.26. The van der Waals surface area contributed by atoms with E-state index in [0.717, 1.165) is 45.8 Å². The molecular formula is C82H86N4OSi. The van der Waals surface area contributed by atoms with Crippen LogP contribution in [0.25, 0.3) is 33.4 Å². The minimum atomic E-state index is -2.92. The topological polar surface area (TPSA) is 31.8 Å². The molecule has 3 aliphatic rings. The number of fused-ring (bicyclic) bond motifs is 10. The molecule has 0 aliphatic carbocycles. The van der Waals surface area contributed by atoms with E-state index in [2.05, 4.69) is 327 Å². The summed E-state index contributed by atoms with van der Waals surface area (Å²) in [5.74, 6) is 2.43. The number of para-hydroxylation sites is 3. The molecule has 0 radical (unpaired) electrons. The van der Waals surface area contributed by atoms with E-state index in [1.165, 1.54) is 98.8 Å². The van der Waals surface area contributed by atoms with Gasteiger partial charge >= 0.3 is 0 Å². The Labute approximate surface area is 525 Å². The van der Waals surface area contributed by atoms with Crippen molar-refractivity contribution in [1.82, 2.24) is 4.98 Å². The predicted molar refractivity (Wildman–Crippen MR) is 377 cm³/mol.